The van der Waals surface area contributed by atoms with Gasteiger partial charge < -0.3 is 10.6 Å². The van der Waals surface area contributed by atoms with Crippen LogP contribution >= 0.6 is 28.3 Å². The van der Waals surface area contributed by atoms with Gasteiger partial charge >= 0.3 is 0 Å². The predicted octanol–water partition coefficient (Wildman–Crippen LogP) is 2.66. The van der Waals surface area contributed by atoms with Crippen LogP contribution < -0.4 is 5.73 Å². The summed E-state index contributed by atoms with van der Waals surface area (Å²) in [6, 6.07) is 4.59. The quantitative estimate of drug-likeness (QED) is 0.630. The van der Waals surface area contributed by atoms with Crippen molar-refractivity contribution in [2.24, 2.45) is 5.73 Å². The maximum Gasteiger partial charge on any atom is 0.270 e. The number of halogens is 2. The number of rotatable bonds is 4. The second-order valence-corrected chi connectivity index (χ2v) is 6.04. The normalized spacial score (nSPS) is 17.7. The minimum absolute atomic E-state index is 0. The van der Waals surface area contributed by atoms with E-state index in [2.05, 4.69) is 15.9 Å². The summed E-state index contributed by atoms with van der Waals surface area (Å²) in [7, 11) is 0. The van der Waals surface area contributed by atoms with Gasteiger partial charge in [0.05, 0.1) is 11.3 Å². The van der Waals surface area contributed by atoms with Crippen LogP contribution in [0.3, 0.4) is 0 Å². The molecule has 1 amide bonds. The van der Waals surface area contributed by atoms with Gasteiger partial charge in [-0.15, -0.1) is 12.4 Å². The van der Waals surface area contributed by atoms with Gasteiger partial charge in [-0.2, -0.15) is 0 Å². The van der Waals surface area contributed by atoms with Crippen LogP contribution in [-0.4, -0.2) is 34.9 Å². The molecule has 1 atom stereocenters. The first-order valence-corrected chi connectivity index (χ1v) is 7.74. The number of hydrogen-bond acceptors (Lipinski definition) is 4. The number of carbonyl (C=O) groups excluding carboxylic acids is 1. The van der Waals surface area contributed by atoms with E-state index in [4.69, 9.17) is 5.73 Å². The molecule has 0 aliphatic carbocycles. The number of amides is 1. The lowest BCUT2D eigenvalue weighted by Gasteiger charge is -2.35. The van der Waals surface area contributed by atoms with Gasteiger partial charge in [0, 0.05) is 35.7 Å². The number of nitro groups is 1. The van der Waals surface area contributed by atoms with Crippen molar-refractivity contribution < 1.29 is 9.72 Å². The van der Waals surface area contributed by atoms with E-state index in [0.717, 1.165) is 31.4 Å². The van der Waals surface area contributed by atoms with Gasteiger partial charge in [0.1, 0.15) is 0 Å². The molecule has 1 aliphatic heterocycles. The number of nitro benzene ring substituents is 1. The Kier molecular flexibility index (Phi) is 7.25. The Morgan fingerprint density at radius 3 is 2.77 bits per heavy atom. The molecule has 1 aromatic rings. The zero-order valence-corrected chi connectivity index (χ0v) is 14.4. The zero-order valence-electron chi connectivity index (χ0n) is 12.0. The summed E-state index contributed by atoms with van der Waals surface area (Å²) in [5, 5.41) is 10.7. The monoisotopic (exact) mass is 391 g/mol. The van der Waals surface area contributed by atoms with Crippen LogP contribution in [0.2, 0.25) is 0 Å². The van der Waals surface area contributed by atoms with Crippen LogP contribution in [0.15, 0.2) is 22.7 Å². The minimum atomic E-state index is -0.453. The molecule has 1 aromatic carbocycles. The Hall–Kier alpha value is -1.18. The van der Waals surface area contributed by atoms with Crippen molar-refractivity contribution in [3.8, 4) is 0 Å². The number of piperidine rings is 1. The first-order valence-electron chi connectivity index (χ1n) is 6.95. The number of carbonyl (C=O) groups is 1. The number of benzene rings is 1. The number of likely N-dealkylation sites (tertiary alicyclic amines) is 1. The smallest absolute Gasteiger partial charge is 0.270 e. The Bertz CT molecular complexity index is 556. The fraction of sp³-hybridized carbons (Fsp3) is 0.500. The summed E-state index contributed by atoms with van der Waals surface area (Å²) in [4.78, 5) is 24.5. The summed E-state index contributed by atoms with van der Waals surface area (Å²) >= 11 is 3.30. The largest absolute Gasteiger partial charge is 0.338 e. The van der Waals surface area contributed by atoms with Crippen LogP contribution in [0.4, 0.5) is 5.69 Å². The molecule has 122 valence electrons. The second kappa shape index (κ2) is 8.45. The van der Waals surface area contributed by atoms with Gasteiger partial charge in [0.25, 0.3) is 5.69 Å². The highest BCUT2D eigenvalue weighted by atomic mass is 79.9. The van der Waals surface area contributed by atoms with Gasteiger partial charge in [0.2, 0.25) is 5.91 Å². The van der Waals surface area contributed by atoms with Crippen LogP contribution in [0.5, 0.6) is 0 Å². The van der Waals surface area contributed by atoms with Gasteiger partial charge in [-0.1, -0.05) is 22.0 Å². The Labute approximate surface area is 143 Å². The molecule has 2 rings (SSSR count). The molecule has 22 heavy (non-hydrogen) atoms. The van der Waals surface area contributed by atoms with E-state index < -0.39 is 4.92 Å². The third-order valence-electron chi connectivity index (χ3n) is 3.81. The highest BCUT2D eigenvalue weighted by molar-refractivity contribution is 9.10. The molecule has 8 heteroatoms. The SMILES string of the molecule is Cl.NCC1CCCCN1C(=O)Cc1ccc([N+](=O)[O-])cc1Br. The van der Waals surface area contributed by atoms with Crippen molar-refractivity contribution in [2.45, 2.75) is 31.7 Å². The van der Waals surface area contributed by atoms with Crippen LogP contribution in [-0.2, 0) is 11.2 Å². The lowest BCUT2D eigenvalue weighted by Crippen LogP contribution is -2.48. The minimum Gasteiger partial charge on any atom is -0.338 e. The molecule has 0 spiro atoms. The van der Waals surface area contributed by atoms with E-state index in [-0.39, 0.29) is 36.5 Å². The lowest BCUT2D eigenvalue weighted by molar-refractivity contribution is -0.384. The van der Waals surface area contributed by atoms with Gasteiger partial charge in [-0.3, -0.25) is 14.9 Å². The van der Waals surface area contributed by atoms with E-state index in [1.165, 1.54) is 12.1 Å². The van der Waals surface area contributed by atoms with Crippen LogP contribution in [0.25, 0.3) is 0 Å². The van der Waals surface area contributed by atoms with Gasteiger partial charge in [0.15, 0.2) is 0 Å². The molecule has 0 saturated carbocycles. The van der Waals surface area contributed by atoms with E-state index in [9.17, 15) is 14.9 Å². The van der Waals surface area contributed by atoms with Gasteiger partial charge in [-0.25, -0.2) is 0 Å². The van der Waals surface area contributed by atoms with Crippen LogP contribution in [0.1, 0.15) is 24.8 Å². The summed E-state index contributed by atoms with van der Waals surface area (Å²) in [6.45, 7) is 1.22. The molecule has 0 radical (unpaired) electrons. The molecule has 1 aliphatic rings. The second-order valence-electron chi connectivity index (χ2n) is 5.18. The lowest BCUT2D eigenvalue weighted by atomic mass is 10.0. The maximum atomic E-state index is 12.4. The third kappa shape index (κ3) is 4.41. The Balaban J connectivity index is 0.00000242. The highest BCUT2D eigenvalue weighted by Crippen LogP contribution is 2.25. The summed E-state index contributed by atoms with van der Waals surface area (Å²) in [5.41, 5.74) is 6.50. The molecular formula is C14H19BrClN3O3. The Morgan fingerprint density at radius 1 is 1.45 bits per heavy atom. The average molecular weight is 393 g/mol. The van der Waals surface area contributed by atoms with Gasteiger partial charge in [-0.05, 0) is 24.8 Å². The van der Waals surface area contributed by atoms with E-state index in [0.29, 0.717) is 11.0 Å². The topological polar surface area (TPSA) is 89.5 Å². The van der Waals surface area contributed by atoms with Crippen molar-refractivity contribution in [3.63, 3.8) is 0 Å². The first kappa shape index (κ1) is 18.9. The fourth-order valence-electron chi connectivity index (χ4n) is 2.63. The highest BCUT2D eigenvalue weighted by Gasteiger charge is 2.26. The molecule has 1 heterocycles. The average Bonchev–Trinajstić information content (AvgIpc) is 2.48. The summed E-state index contributed by atoms with van der Waals surface area (Å²) < 4.78 is 0.589. The van der Waals surface area contributed by atoms with Crippen molar-refractivity contribution >= 4 is 39.9 Å². The van der Waals surface area contributed by atoms with E-state index in [1.807, 2.05) is 4.90 Å². The molecule has 1 fully saturated rings. The molecule has 1 saturated heterocycles. The van der Waals surface area contributed by atoms with E-state index >= 15 is 0 Å². The fourth-order valence-corrected chi connectivity index (χ4v) is 3.14. The van der Waals surface area contributed by atoms with Crippen molar-refractivity contribution in [2.75, 3.05) is 13.1 Å². The zero-order chi connectivity index (χ0) is 15.4. The predicted molar refractivity (Wildman–Crippen MR) is 90.2 cm³/mol. The molecular weight excluding hydrogens is 374 g/mol. The van der Waals surface area contributed by atoms with Crippen molar-refractivity contribution in [3.05, 3.63) is 38.3 Å². The first-order chi connectivity index (χ1) is 10.0. The van der Waals surface area contributed by atoms with Crippen molar-refractivity contribution in [1.29, 1.82) is 0 Å². The standard InChI is InChI=1S/C14H18BrN3O3.ClH/c15-13-8-11(18(20)21)5-4-10(13)7-14(19)17-6-2-1-3-12(17)9-16;/h4-5,8,12H,1-3,6-7,9,16H2;1H. The molecule has 0 bridgehead atoms. The summed E-state index contributed by atoms with van der Waals surface area (Å²) in [6.07, 6.45) is 3.29. The number of nitrogens with two attached hydrogens (primary N) is 1. The van der Waals surface area contributed by atoms with E-state index in [1.54, 1.807) is 6.07 Å². The molecule has 6 nitrogen and oxygen atoms in total. The summed E-state index contributed by atoms with van der Waals surface area (Å²) in [5.74, 6) is 0.0275. The third-order valence-corrected chi connectivity index (χ3v) is 4.55. The number of non-ortho nitro benzene ring substituents is 1. The molecule has 1 unspecified atom stereocenters. The number of nitrogens with zero attached hydrogens (tertiary/aromatic N) is 2. The molecule has 2 N–H and O–H groups in total. The molecule has 0 aromatic heterocycles. The number of hydrogen-bond donors (Lipinski definition) is 1. The van der Waals surface area contributed by atoms with Crippen molar-refractivity contribution in [1.82, 2.24) is 4.90 Å². The Morgan fingerprint density at radius 2 is 2.18 bits per heavy atom. The maximum absolute atomic E-state index is 12.4. The van der Waals surface area contributed by atoms with Crippen LogP contribution in [0, 0.1) is 10.1 Å².